The topological polar surface area (TPSA) is 92.6 Å². The zero-order chi connectivity index (χ0) is 33.1. The molecule has 3 N–H and O–H groups in total. The molecule has 2 aromatic heterocycles. The highest BCUT2D eigenvalue weighted by molar-refractivity contribution is 5.96. The fourth-order valence-corrected chi connectivity index (χ4v) is 6.75. The summed E-state index contributed by atoms with van der Waals surface area (Å²) in [5, 5.41) is 9.72. The summed E-state index contributed by atoms with van der Waals surface area (Å²) >= 11 is 0. The van der Waals surface area contributed by atoms with Gasteiger partial charge in [-0.1, -0.05) is 6.92 Å². The van der Waals surface area contributed by atoms with Crippen LogP contribution in [0.4, 0.5) is 29.1 Å². The van der Waals surface area contributed by atoms with Crippen molar-refractivity contribution in [3.05, 3.63) is 71.7 Å². The number of aromatic nitrogens is 3. The molecule has 0 saturated carbocycles. The van der Waals surface area contributed by atoms with Crippen molar-refractivity contribution in [3.8, 4) is 17.0 Å². The van der Waals surface area contributed by atoms with E-state index in [2.05, 4.69) is 37.7 Å². The first-order valence-electron chi connectivity index (χ1n) is 16.1. The van der Waals surface area contributed by atoms with Gasteiger partial charge in [0.05, 0.1) is 38.6 Å². The van der Waals surface area contributed by atoms with Crippen LogP contribution in [-0.4, -0.2) is 77.7 Å². The molecule has 4 heterocycles. The summed E-state index contributed by atoms with van der Waals surface area (Å²) in [7, 11) is 2.38. The molecule has 0 radical (unpaired) electrons. The number of hydrogen-bond donors (Lipinski definition) is 3. The number of benzene rings is 2. The lowest BCUT2D eigenvalue weighted by molar-refractivity contribution is -0.918. The van der Waals surface area contributed by atoms with Crippen LogP contribution in [0.3, 0.4) is 0 Å². The SMILES string of the molecule is CCc1cc(Nc2nccn3c(-c4ccc(OC(F)F)c(F)c4F)cnc23)ccc1C(=O)NCCC1CC[N+](C)(CC2CNC2)CC1. The number of amides is 1. The first-order chi connectivity index (χ1) is 22.6. The number of imidazole rings is 1. The predicted octanol–water partition coefficient (Wildman–Crippen LogP) is 5.78. The molecule has 9 nitrogen and oxygen atoms in total. The number of alkyl halides is 2. The van der Waals surface area contributed by atoms with Crippen molar-refractivity contribution in [1.82, 2.24) is 25.0 Å². The number of likely N-dealkylation sites (tertiary alicyclic amines) is 1. The van der Waals surface area contributed by atoms with Crippen LogP contribution in [-0.2, 0) is 6.42 Å². The molecule has 0 atom stereocenters. The van der Waals surface area contributed by atoms with Gasteiger partial charge in [-0.25, -0.2) is 14.4 Å². The number of quaternary nitrogens is 1. The van der Waals surface area contributed by atoms with Crippen LogP contribution in [0.1, 0.15) is 42.1 Å². The quantitative estimate of drug-likeness (QED) is 0.133. The number of aryl methyl sites for hydroxylation is 1. The summed E-state index contributed by atoms with van der Waals surface area (Å²) in [4.78, 5) is 21.9. The number of nitrogens with zero attached hydrogens (tertiary/aromatic N) is 4. The number of halogens is 4. The largest absolute Gasteiger partial charge is 0.432 e. The van der Waals surface area contributed by atoms with E-state index in [0.29, 0.717) is 41.6 Å². The molecule has 0 spiro atoms. The van der Waals surface area contributed by atoms with Crippen molar-refractivity contribution in [2.45, 2.75) is 39.2 Å². The normalized spacial score (nSPS) is 19.9. The van der Waals surface area contributed by atoms with Crippen molar-refractivity contribution in [2.24, 2.45) is 11.8 Å². The Kier molecular flexibility index (Phi) is 9.65. The Labute approximate surface area is 270 Å². The molecular weight excluding hydrogens is 614 g/mol. The fraction of sp³-hybridized carbons (Fsp3) is 0.441. The third-order valence-electron chi connectivity index (χ3n) is 9.52. The van der Waals surface area contributed by atoms with Crippen LogP contribution < -0.4 is 20.7 Å². The van der Waals surface area contributed by atoms with Crippen LogP contribution in [0.5, 0.6) is 5.75 Å². The zero-order valence-electron chi connectivity index (χ0n) is 26.5. The van der Waals surface area contributed by atoms with Crippen LogP contribution in [0.15, 0.2) is 48.9 Å². The lowest BCUT2D eigenvalue weighted by atomic mass is 9.90. The molecule has 2 fully saturated rings. The number of piperidine rings is 1. The number of ether oxygens (including phenoxy) is 1. The average molecular weight is 655 g/mol. The first kappa shape index (κ1) is 32.7. The molecule has 0 aliphatic carbocycles. The Balaban J connectivity index is 1.09. The third kappa shape index (κ3) is 7.20. The van der Waals surface area contributed by atoms with Gasteiger partial charge in [0.2, 0.25) is 5.82 Å². The molecule has 2 saturated heterocycles. The van der Waals surface area contributed by atoms with Crippen LogP contribution in [0, 0.1) is 23.5 Å². The predicted molar refractivity (Wildman–Crippen MR) is 171 cm³/mol. The van der Waals surface area contributed by atoms with Gasteiger partial charge in [-0.2, -0.15) is 13.2 Å². The summed E-state index contributed by atoms with van der Waals surface area (Å²) in [6, 6.07) is 7.57. The monoisotopic (exact) mass is 654 g/mol. The van der Waals surface area contributed by atoms with Crippen molar-refractivity contribution in [3.63, 3.8) is 0 Å². The summed E-state index contributed by atoms with van der Waals surface area (Å²) < 4.78 is 61.2. The number of hydrogen-bond acceptors (Lipinski definition) is 6. The van der Waals surface area contributed by atoms with Gasteiger partial charge in [0.15, 0.2) is 23.0 Å². The average Bonchev–Trinajstić information content (AvgIpc) is 3.47. The minimum Gasteiger partial charge on any atom is -0.432 e. The van der Waals surface area contributed by atoms with E-state index in [0.717, 1.165) is 47.6 Å². The Bertz CT molecular complexity index is 1740. The van der Waals surface area contributed by atoms with Gasteiger partial charge in [0.25, 0.3) is 5.91 Å². The number of carbonyl (C=O) groups excluding carboxylic acids is 1. The van der Waals surface area contributed by atoms with E-state index >= 15 is 0 Å². The van der Waals surface area contributed by atoms with Crippen LogP contribution in [0.2, 0.25) is 0 Å². The third-order valence-corrected chi connectivity index (χ3v) is 9.52. The highest BCUT2D eigenvalue weighted by Gasteiger charge is 2.34. The molecule has 0 unspecified atom stereocenters. The van der Waals surface area contributed by atoms with Crippen molar-refractivity contribution in [2.75, 3.05) is 51.6 Å². The van der Waals surface area contributed by atoms with E-state index in [1.807, 2.05) is 13.0 Å². The Morgan fingerprint density at radius 3 is 2.60 bits per heavy atom. The van der Waals surface area contributed by atoms with Crippen molar-refractivity contribution < 1.29 is 31.6 Å². The van der Waals surface area contributed by atoms with E-state index in [9.17, 15) is 22.4 Å². The molecule has 2 aromatic carbocycles. The standard InChI is InChI=1S/C34H39F4N7O2/c1-3-23-16-24(4-5-25(23)33(46)41-11-8-21-9-14-45(2,15-10-21)20-22-17-39-18-22)43-31-32-42-19-27(44(32)13-12-40-31)26-6-7-28(47-34(37)38)30(36)29(26)35/h4-7,12-13,16,19,21-22,34,39H,3,8-11,14-15,17-18,20H2,1-2H3,(H-,40,41,43,46)/p+1. The maximum Gasteiger partial charge on any atom is 0.387 e. The summed E-state index contributed by atoms with van der Waals surface area (Å²) in [6.45, 7) is 5.29. The lowest BCUT2D eigenvalue weighted by Crippen LogP contribution is -2.57. The molecule has 1 amide bonds. The number of nitrogens with one attached hydrogen (secondary N) is 3. The van der Waals surface area contributed by atoms with E-state index in [1.165, 1.54) is 55.5 Å². The van der Waals surface area contributed by atoms with Gasteiger partial charge < -0.3 is 25.2 Å². The van der Waals surface area contributed by atoms with Crippen molar-refractivity contribution in [1.29, 1.82) is 0 Å². The number of anilines is 2. The second-order valence-corrected chi connectivity index (χ2v) is 12.8. The highest BCUT2D eigenvalue weighted by atomic mass is 19.3. The lowest BCUT2D eigenvalue weighted by Gasteiger charge is -2.44. The smallest absolute Gasteiger partial charge is 0.387 e. The summed E-state index contributed by atoms with van der Waals surface area (Å²) in [5.74, 6) is -2.05. The van der Waals surface area contributed by atoms with Gasteiger partial charge in [-0.3, -0.25) is 9.20 Å². The van der Waals surface area contributed by atoms with Crippen LogP contribution >= 0.6 is 0 Å². The zero-order valence-corrected chi connectivity index (χ0v) is 26.5. The Hall–Kier alpha value is -4.23. The van der Waals surface area contributed by atoms with Crippen LogP contribution in [0.25, 0.3) is 16.9 Å². The molecule has 4 aromatic rings. The first-order valence-corrected chi connectivity index (χ1v) is 16.1. The molecule has 0 bridgehead atoms. The molecule has 2 aliphatic rings. The fourth-order valence-electron chi connectivity index (χ4n) is 6.75. The maximum absolute atomic E-state index is 14.9. The summed E-state index contributed by atoms with van der Waals surface area (Å²) in [5.41, 5.74) is 2.50. The number of carbonyl (C=O) groups is 1. The summed E-state index contributed by atoms with van der Waals surface area (Å²) in [6.07, 6.45) is 8.35. The van der Waals surface area contributed by atoms with Gasteiger partial charge in [0.1, 0.15) is 0 Å². The molecule has 2 aliphatic heterocycles. The van der Waals surface area contributed by atoms with E-state index < -0.39 is 24.0 Å². The molecule has 47 heavy (non-hydrogen) atoms. The second kappa shape index (κ2) is 13.9. The Morgan fingerprint density at radius 2 is 1.89 bits per heavy atom. The Morgan fingerprint density at radius 1 is 1.11 bits per heavy atom. The second-order valence-electron chi connectivity index (χ2n) is 12.8. The number of fused-ring (bicyclic) bond motifs is 1. The highest BCUT2D eigenvalue weighted by Crippen LogP contribution is 2.33. The van der Waals surface area contributed by atoms with Gasteiger partial charge in [-0.05, 0) is 67.5 Å². The minimum atomic E-state index is -3.29. The van der Waals surface area contributed by atoms with E-state index in [4.69, 9.17) is 0 Å². The molecule has 13 heteroatoms. The molecule has 6 rings (SSSR count). The van der Waals surface area contributed by atoms with Crippen molar-refractivity contribution >= 4 is 23.1 Å². The van der Waals surface area contributed by atoms with E-state index in [-0.39, 0.29) is 17.2 Å². The molecular formula is C34H40F4N7O2+. The molecule has 250 valence electrons. The van der Waals surface area contributed by atoms with Gasteiger partial charge in [-0.15, -0.1) is 0 Å². The maximum atomic E-state index is 14.9. The van der Waals surface area contributed by atoms with Gasteiger partial charge >= 0.3 is 6.61 Å². The minimum absolute atomic E-state index is 0.0975. The number of rotatable bonds is 12. The van der Waals surface area contributed by atoms with Gasteiger partial charge in [0, 0.05) is 54.8 Å². The van der Waals surface area contributed by atoms with E-state index in [1.54, 1.807) is 12.1 Å².